The molecule has 6 rings (SSSR count). The number of urea groups is 1. The molecule has 276 valence electrons. The molecule has 0 aliphatic rings. The number of nitrogens with one attached hydrogen (secondary N) is 4. The maximum atomic E-state index is 13.3. The number of phenolic OH excluding ortho intramolecular Hbond substituents is 2. The lowest BCUT2D eigenvalue weighted by Gasteiger charge is -2.14. The van der Waals surface area contributed by atoms with Crippen LogP contribution in [0.3, 0.4) is 0 Å². The summed E-state index contributed by atoms with van der Waals surface area (Å²) >= 11 is 0. The molecule has 0 bridgehead atoms. The SMILES string of the molecule is Cc1ccc(NC(=O)Nc2ccc(C)c(C(=O)Nc3ccc4cc(S(=O)(=O)O)cc(O)c4c3)c2)cc1C(=O)Nc1ccc2cc(S(=O)(=O)O)cc(O)c2c1. The van der Waals surface area contributed by atoms with Crippen LogP contribution in [0.5, 0.6) is 11.5 Å². The molecule has 8 N–H and O–H groups in total. The number of aryl methyl sites for hydroxylation is 2. The zero-order valence-electron chi connectivity index (χ0n) is 28.2. The van der Waals surface area contributed by atoms with E-state index < -0.39 is 59.4 Å². The lowest BCUT2D eigenvalue weighted by Crippen LogP contribution is -2.21. The third kappa shape index (κ3) is 8.08. The van der Waals surface area contributed by atoms with Gasteiger partial charge >= 0.3 is 6.03 Å². The first-order valence-corrected chi connectivity index (χ1v) is 18.6. The van der Waals surface area contributed by atoms with Crippen LogP contribution in [0.15, 0.2) is 107 Å². The zero-order chi connectivity index (χ0) is 39.1. The fourth-order valence-corrected chi connectivity index (χ4v) is 6.73. The van der Waals surface area contributed by atoms with Crippen LogP contribution >= 0.6 is 0 Å². The molecule has 0 aliphatic heterocycles. The number of carbonyl (C=O) groups is 3. The fraction of sp³-hybridized carbons (Fsp3) is 0.0541. The molecular formula is C37H30N4O11S2. The van der Waals surface area contributed by atoms with Crippen molar-refractivity contribution in [2.75, 3.05) is 21.3 Å². The molecule has 0 aliphatic carbocycles. The van der Waals surface area contributed by atoms with Crippen molar-refractivity contribution in [3.8, 4) is 11.5 Å². The number of amides is 4. The third-order valence-electron chi connectivity index (χ3n) is 8.40. The van der Waals surface area contributed by atoms with Crippen molar-refractivity contribution in [1.82, 2.24) is 0 Å². The summed E-state index contributed by atoms with van der Waals surface area (Å²) in [6.07, 6.45) is 0. The first-order valence-electron chi connectivity index (χ1n) is 15.8. The van der Waals surface area contributed by atoms with E-state index in [9.17, 15) is 50.5 Å². The lowest BCUT2D eigenvalue weighted by molar-refractivity contribution is 0.101. The molecule has 0 unspecified atom stereocenters. The van der Waals surface area contributed by atoms with Gasteiger partial charge < -0.3 is 31.5 Å². The largest absolute Gasteiger partial charge is 0.507 e. The highest BCUT2D eigenvalue weighted by Crippen LogP contribution is 2.33. The molecule has 15 nitrogen and oxygen atoms in total. The second-order valence-corrected chi connectivity index (χ2v) is 15.1. The van der Waals surface area contributed by atoms with Gasteiger partial charge in [-0.15, -0.1) is 0 Å². The van der Waals surface area contributed by atoms with E-state index in [0.29, 0.717) is 21.9 Å². The van der Waals surface area contributed by atoms with E-state index in [0.717, 1.165) is 12.1 Å². The lowest BCUT2D eigenvalue weighted by atomic mass is 10.1. The van der Waals surface area contributed by atoms with Gasteiger partial charge in [-0.05, 0) is 96.4 Å². The Bertz CT molecular complexity index is 2600. The molecule has 0 aromatic heterocycles. The van der Waals surface area contributed by atoms with Gasteiger partial charge in [-0.3, -0.25) is 18.7 Å². The minimum absolute atomic E-state index is 0.217. The molecule has 17 heteroatoms. The topological polar surface area (TPSA) is 249 Å². The van der Waals surface area contributed by atoms with Crippen molar-refractivity contribution in [1.29, 1.82) is 0 Å². The summed E-state index contributed by atoms with van der Waals surface area (Å²) in [5.41, 5.74) is 2.70. The van der Waals surface area contributed by atoms with Crippen LogP contribution in [-0.4, -0.2) is 54.0 Å². The average Bonchev–Trinajstić information content (AvgIpc) is 3.09. The second-order valence-electron chi connectivity index (χ2n) is 12.3. The van der Waals surface area contributed by atoms with Crippen molar-refractivity contribution in [2.24, 2.45) is 0 Å². The van der Waals surface area contributed by atoms with Gasteiger partial charge in [0, 0.05) is 56.8 Å². The van der Waals surface area contributed by atoms with E-state index in [-0.39, 0.29) is 44.6 Å². The van der Waals surface area contributed by atoms with Gasteiger partial charge in [0.25, 0.3) is 32.1 Å². The maximum Gasteiger partial charge on any atom is 0.323 e. The van der Waals surface area contributed by atoms with Gasteiger partial charge in [-0.25, -0.2) is 4.79 Å². The molecule has 54 heavy (non-hydrogen) atoms. The van der Waals surface area contributed by atoms with Gasteiger partial charge in [0.05, 0.1) is 9.79 Å². The van der Waals surface area contributed by atoms with Crippen LogP contribution in [0.1, 0.15) is 31.8 Å². The van der Waals surface area contributed by atoms with Crippen molar-refractivity contribution in [2.45, 2.75) is 23.6 Å². The summed E-state index contributed by atoms with van der Waals surface area (Å²) in [6.45, 7) is 3.39. The molecular weight excluding hydrogens is 741 g/mol. The van der Waals surface area contributed by atoms with Gasteiger partial charge in [0.15, 0.2) is 0 Å². The monoisotopic (exact) mass is 770 g/mol. The average molecular weight is 771 g/mol. The third-order valence-corrected chi connectivity index (χ3v) is 10.1. The van der Waals surface area contributed by atoms with Crippen LogP contribution in [0.4, 0.5) is 27.5 Å². The Kier molecular flexibility index (Phi) is 9.74. The molecule has 0 radical (unpaired) electrons. The standard InChI is InChI=1S/C37H30N4O11S2/c1-19-3-7-25(13-29(19)35(44)38-23-9-5-21-11-27(53(47,48)49)17-33(42)31(21)15-23)40-37(46)41-26-8-4-20(2)30(14-26)36(45)39-24-10-6-22-12-28(54(50,51)52)18-34(43)32(22)16-24/h3-18,42-43H,1-2H3,(H,38,44)(H,39,45)(H2,40,41,46)(H,47,48,49)(H,50,51,52). The smallest absolute Gasteiger partial charge is 0.323 e. The Morgan fingerprint density at radius 3 is 1.20 bits per heavy atom. The molecule has 0 atom stereocenters. The predicted octanol–water partition coefficient (Wildman–Crippen LogP) is 6.66. The van der Waals surface area contributed by atoms with E-state index in [1.54, 1.807) is 38.1 Å². The summed E-state index contributed by atoms with van der Waals surface area (Å²) in [5.74, 6) is -1.91. The molecule has 0 saturated heterocycles. The minimum Gasteiger partial charge on any atom is -0.507 e. The second kappa shape index (κ2) is 14.1. The summed E-state index contributed by atoms with van der Waals surface area (Å²) in [7, 11) is -9.10. The number of aromatic hydroxyl groups is 2. The van der Waals surface area contributed by atoms with Crippen molar-refractivity contribution >= 4 is 82.4 Å². The molecule has 0 saturated carbocycles. The molecule has 6 aromatic rings. The van der Waals surface area contributed by atoms with Gasteiger partial charge in [0.2, 0.25) is 0 Å². The normalized spacial score (nSPS) is 11.6. The van der Waals surface area contributed by atoms with E-state index in [2.05, 4.69) is 21.3 Å². The predicted molar refractivity (Wildman–Crippen MR) is 202 cm³/mol. The quantitative estimate of drug-likeness (QED) is 0.0760. The molecule has 6 aromatic carbocycles. The number of anilines is 4. The summed E-state index contributed by atoms with van der Waals surface area (Å²) in [6, 6.07) is 21.6. The number of rotatable bonds is 8. The Hall–Kier alpha value is -6.53. The highest BCUT2D eigenvalue weighted by molar-refractivity contribution is 7.86. The first kappa shape index (κ1) is 37.2. The van der Waals surface area contributed by atoms with E-state index in [1.807, 2.05) is 0 Å². The van der Waals surface area contributed by atoms with E-state index in [4.69, 9.17) is 0 Å². The Labute approximate surface area is 307 Å². The maximum absolute atomic E-state index is 13.3. The van der Waals surface area contributed by atoms with Crippen molar-refractivity contribution < 1.29 is 50.5 Å². The van der Waals surface area contributed by atoms with Gasteiger partial charge in [-0.1, -0.05) is 24.3 Å². The van der Waals surface area contributed by atoms with E-state index in [1.165, 1.54) is 60.7 Å². The Balaban J connectivity index is 1.13. The van der Waals surface area contributed by atoms with E-state index >= 15 is 0 Å². The van der Waals surface area contributed by atoms with Gasteiger partial charge in [-0.2, -0.15) is 16.8 Å². The summed E-state index contributed by atoms with van der Waals surface area (Å²) in [4.78, 5) is 38.6. The van der Waals surface area contributed by atoms with Gasteiger partial charge in [0.1, 0.15) is 11.5 Å². The number of hydrogen-bond donors (Lipinski definition) is 8. The molecule has 4 amide bonds. The van der Waals surface area contributed by atoms with Crippen LogP contribution in [-0.2, 0) is 20.2 Å². The highest BCUT2D eigenvalue weighted by atomic mass is 32.2. The number of benzene rings is 6. The Morgan fingerprint density at radius 1 is 0.481 bits per heavy atom. The molecule has 0 fully saturated rings. The Morgan fingerprint density at radius 2 is 0.833 bits per heavy atom. The molecule has 0 heterocycles. The number of carbonyl (C=O) groups excluding carboxylic acids is 3. The zero-order valence-corrected chi connectivity index (χ0v) is 29.8. The molecule has 0 spiro atoms. The first-order chi connectivity index (χ1) is 25.3. The summed E-state index contributed by atoms with van der Waals surface area (Å²) in [5, 5.41) is 32.5. The number of phenols is 2. The number of hydrogen-bond acceptors (Lipinski definition) is 9. The van der Waals surface area contributed by atoms with Crippen LogP contribution in [0, 0.1) is 13.8 Å². The van der Waals surface area contributed by atoms with Crippen molar-refractivity contribution in [3.63, 3.8) is 0 Å². The van der Waals surface area contributed by atoms with Crippen LogP contribution in [0.25, 0.3) is 21.5 Å². The highest BCUT2D eigenvalue weighted by Gasteiger charge is 2.18. The van der Waals surface area contributed by atoms with Crippen LogP contribution < -0.4 is 21.3 Å². The number of fused-ring (bicyclic) bond motifs is 2. The summed E-state index contributed by atoms with van der Waals surface area (Å²) < 4.78 is 64.7. The van der Waals surface area contributed by atoms with Crippen LogP contribution in [0.2, 0.25) is 0 Å². The van der Waals surface area contributed by atoms with Crippen molar-refractivity contribution in [3.05, 3.63) is 119 Å². The minimum atomic E-state index is -4.55. The fourth-order valence-electron chi connectivity index (χ4n) is 5.66.